The van der Waals surface area contributed by atoms with Gasteiger partial charge in [0.25, 0.3) is 11.8 Å². The largest absolute Gasteiger partial charge is 0.376 e. The Morgan fingerprint density at radius 3 is 2.03 bits per heavy atom. The highest BCUT2D eigenvalue weighted by molar-refractivity contribution is 6.04. The molecule has 4 N–H and O–H groups in total. The molecule has 0 aromatic heterocycles. The van der Waals surface area contributed by atoms with E-state index >= 15 is 0 Å². The van der Waals surface area contributed by atoms with Crippen LogP contribution in [0.4, 0.5) is 17.1 Å². The maximum Gasteiger partial charge on any atom is 0.255 e. The van der Waals surface area contributed by atoms with Crippen LogP contribution in [0.1, 0.15) is 20.7 Å². The van der Waals surface area contributed by atoms with Crippen molar-refractivity contribution >= 4 is 34.8 Å². The van der Waals surface area contributed by atoms with Crippen LogP contribution in [0.5, 0.6) is 0 Å². The lowest BCUT2D eigenvalue weighted by atomic mass is 10.2. The Bertz CT molecular complexity index is 1030. The first-order chi connectivity index (χ1) is 14.5. The minimum absolute atomic E-state index is 0.0489. The van der Waals surface area contributed by atoms with E-state index in [2.05, 4.69) is 21.3 Å². The number of amides is 3. The summed E-state index contributed by atoms with van der Waals surface area (Å²) in [6, 6.07) is 22.7. The first-order valence-electron chi connectivity index (χ1n) is 9.37. The standard InChI is InChI=1S/C23H22N4O3/c1-24-22(29)17-10-12-18(13-11-17)26-21(28)15-25-19-8-5-9-20(14-19)27-23(30)16-6-3-2-4-7-16/h2-14,25H,15H2,1H3,(H,24,29)(H,26,28)(H,27,30). The number of benzene rings is 3. The van der Waals surface area contributed by atoms with E-state index in [1.807, 2.05) is 12.1 Å². The van der Waals surface area contributed by atoms with Gasteiger partial charge in [-0.3, -0.25) is 14.4 Å². The number of nitrogens with one attached hydrogen (secondary N) is 4. The van der Waals surface area contributed by atoms with Crippen molar-refractivity contribution in [1.82, 2.24) is 5.32 Å². The van der Waals surface area contributed by atoms with Gasteiger partial charge in [-0.25, -0.2) is 0 Å². The third-order valence-corrected chi connectivity index (χ3v) is 4.27. The van der Waals surface area contributed by atoms with Gasteiger partial charge < -0.3 is 21.3 Å². The zero-order chi connectivity index (χ0) is 21.3. The Morgan fingerprint density at radius 2 is 1.33 bits per heavy atom. The van der Waals surface area contributed by atoms with E-state index in [9.17, 15) is 14.4 Å². The topological polar surface area (TPSA) is 99.3 Å². The third kappa shape index (κ3) is 5.68. The molecule has 0 fully saturated rings. The molecule has 0 spiro atoms. The summed E-state index contributed by atoms with van der Waals surface area (Å²) in [6.45, 7) is 0.0489. The Balaban J connectivity index is 1.53. The van der Waals surface area contributed by atoms with Crippen molar-refractivity contribution in [2.24, 2.45) is 0 Å². The van der Waals surface area contributed by atoms with E-state index in [1.165, 1.54) is 0 Å². The van der Waals surface area contributed by atoms with Gasteiger partial charge in [-0.2, -0.15) is 0 Å². The summed E-state index contributed by atoms with van der Waals surface area (Å²) in [7, 11) is 1.56. The van der Waals surface area contributed by atoms with Crippen molar-refractivity contribution in [2.75, 3.05) is 29.5 Å². The Kier molecular flexibility index (Phi) is 6.78. The lowest BCUT2D eigenvalue weighted by Gasteiger charge is -2.10. The van der Waals surface area contributed by atoms with Crippen LogP contribution in [-0.4, -0.2) is 31.3 Å². The molecule has 3 aromatic rings. The molecule has 0 aliphatic heterocycles. The van der Waals surface area contributed by atoms with E-state index in [0.717, 1.165) is 0 Å². The van der Waals surface area contributed by atoms with Gasteiger partial charge in [0.15, 0.2) is 0 Å². The predicted octanol–water partition coefficient (Wildman–Crippen LogP) is 3.35. The second-order valence-corrected chi connectivity index (χ2v) is 6.46. The van der Waals surface area contributed by atoms with E-state index in [1.54, 1.807) is 73.8 Å². The quantitative estimate of drug-likeness (QED) is 0.487. The fraction of sp³-hybridized carbons (Fsp3) is 0.0870. The number of rotatable bonds is 7. The predicted molar refractivity (Wildman–Crippen MR) is 118 cm³/mol. The molecular formula is C23H22N4O3. The van der Waals surface area contributed by atoms with Crippen molar-refractivity contribution in [1.29, 1.82) is 0 Å². The molecule has 3 amide bonds. The molecule has 0 saturated carbocycles. The summed E-state index contributed by atoms with van der Waals surface area (Å²) in [6.07, 6.45) is 0. The number of carbonyl (C=O) groups excluding carboxylic acids is 3. The molecule has 3 rings (SSSR count). The summed E-state index contributed by atoms with van der Waals surface area (Å²) < 4.78 is 0. The van der Waals surface area contributed by atoms with Crippen LogP contribution in [0.15, 0.2) is 78.9 Å². The average Bonchev–Trinajstić information content (AvgIpc) is 2.78. The van der Waals surface area contributed by atoms with Crippen molar-refractivity contribution < 1.29 is 14.4 Å². The minimum atomic E-state index is -0.235. The van der Waals surface area contributed by atoms with Crippen molar-refractivity contribution in [3.05, 3.63) is 90.0 Å². The van der Waals surface area contributed by atoms with Crippen LogP contribution in [0.3, 0.4) is 0 Å². The number of anilines is 3. The van der Waals surface area contributed by atoms with E-state index in [0.29, 0.717) is 28.2 Å². The summed E-state index contributed by atoms with van der Waals surface area (Å²) in [5.74, 6) is -0.624. The molecule has 0 atom stereocenters. The van der Waals surface area contributed by atoms with Gasteiger partial charge >= 0.3 is 0 Å². The second kappa shape index (κ2) is 9.88. The number of hydrogen-bond acceptors (Lipinski definition) is 4. The average molecular weight is 402 g/mol. The highest BCUT2D eigenvalue weighted by Crippen LogP contribution is 2.16. The molecule has 0 saturated heterocycles. The molecule has 7 nitrogen and oxygen atoms in total. The van der Waals surface area contributed by atoms with Crippen molar-refractivity contribution in [2.45, 2.75) is 0 Å². The Labute approximate surface area is 174 Å². The molecule has 0 unspecified atom stereocenters. The van der Waals surface area contributed by atoms with Gasteiger partial charge in [0.05, 0.1) is 6.54 Å². The first kappa shape index (κ1) is 20.6. The third-order valence-electron chi connectivity index (χ3n) is 4.27. The first-order valence-corrected chi connectivity index (χ1v) is 9.37. The normalized spacial score (nSPS) is 10.0. The van der Waals surface area contributed by atoms with Crippen LogP contribution in [0, 0.1) is 0 Å². The zero-order valence-electron chi connectivity index (χ0n) is 16.4. The fourth-order valence-corrected chi connectivity index (χ4v) is 2.74. The van der Waals surface area contributed by atoms with E-state index in [4.69, 9.17) is 0 Å². The van der Waals surface area contributed by atoms with Crippen molar-refractivity contribution in [3.8, 4) is 0 Å². The molecule has 0 bridgehead atoms. The summed E-state index contributed by atoms with van der Waals surface area (Å²) in [4.78, 5) is 36.0. The van der Waals surface area contributed by atoms with Crippen LogP contribution < -0.4 is 21.3 Å². The maximum atomic E-state index is 12.3. The molecule has 3 aromatic carbocycles. The molecule has 0 heterocycles. The lowest BCUT2D eigenvalue weighted by molar-refractivity contribution is -0.114. The SMILES string of the molecule is CNC(=O)c1ccc(NC(=O)CNc2cccc(NC(=O)c3ccccc3)c2)cc1. The van der Waals surface area contributed by atoms with Crippen LogP contribution in [0.2, 0.25) is 0 Å². The molecule has 30 heavy (non-hydrogen) atoms. The summed E-state index contributed by atoms with van der Waals surface area (Å²) >= 11 is 0. The van der Waals surface area contributed by atoms with Gasteiger partial charge in [-0.15, -0.1) is 0 Å². The maximum absolute atomic E-state index is 12.3. The number of hydrogen-bond donors (Lipinski definition) is 4. The smallest absolute Gasteiger partial charge is 0.255 e. The van der Waals surface area contributed by atoms with Gasteiger partial charge in [0, 0.05) is 35.2 Å². The highest BCUT2D eigenvalue weighted by atomic mass is 16.2. The molecular weight excluding hydrogens is 380 g/mol. The van der Waals surface area contributed by atoms with Gasteiger partial charge in [-0.05, 0) is 54.6 Å². The molecule has 0 radical (unpaired) electrons. The molecule has 152 valence electrons. The van der Waals surface area contributed by atoms with Gasteiger partial charge in [-0.1, -0.05) is 24.3 Å². The van der Waals surface area contributed by atoms with Gasteiger partial charge in [0.2, 0.25) is 5.91 Å². The Hall–Kier alpha value is -4.13. The van der Waals surface area contributed by atoms with E-state index in [-0.39, 0.29) is 24.3 Å². The highest BCUT2D eigenvalue weighted by Gasteiger charge is 2.07. The Morgan fingerprint density at radius 1 is 0.667 bits per heavy atom. The van der Waals surface area contributed by atoms with E-state index < -0.39 is 0 Å². The summed E-state index contributed by atoms with van der Waals surface area (Å²) in [5.41, 5.74) is 3.00. The van der Waals surface area contributed by atoms with Crippen molar-refractivity contribution in [3.63, 3.8) is 0 Å². The van der Waals surface area contributed by atoms with Crippen LogP contribution >= 0.6 is 0 Å². The monoisotopic (exact) mass is 402 g/mol. The zero-order valence-corrected chi connectivity index (χ0v) is 16.4. The van der Waals surface area contributed by atoms with Gasteiger partial charge in [0.1, 0.15) is 0 Å². The lowest BCUT2D eigenvalue weighted by Crippen LogP contribution is -2.22. The number of carbonyl (C=O) groups is 3. The fourth-order valence-electron chi connectivity index (χ4n) is 2.74. The molecule has 0 aliphatic carbocycles. The summed E-state index contributed by atoms with van der Waals surface area (Å²) in [5, 5.41) is 11.2. The minimum Gasteiger partial charge on any atom is -0.376 e. The molecule has 0 aliphatic rings. The molecule has 7 heteroatoms. The van der Waals surface area contributed by atoms with Crippen LogP contribution in [-0.2, 0) is 4.79 Å². The second-order valence-electron chi connectivity index (χ2n) is 6.46. The van der Waals surface area contributed by atoms with Crippen LogP contribution in [0.25, 0.3) is 0 Å².